The minimum absolute atomic E-state index is 0.0137. The van der Waals surface area contributed by atoms with Crippen molar-refractivity contribution in [3.05, 3.63) is 24.3 Å². The van der Waals surface area contributed by atoms with Gasteiger partial charge >= 0.3 is 0 Å². The highest BCUT2D eigenvalue weighted by Crippen LogP contribution is 2.60. The Morgan fingerprint density at radius 3 is 2.48 bits per heavy atom. The summed E-state index contributed by atoms with van der Waals surface area (Å²) in [6.45, 7) is 2.80. The number of nitrogens with zero attached hydrogens (tertiary/aromatic N) is 3. The van der Waals surface area contributed by atoms with Crippen LogP contribution in [0.2, 0.25) is 0 Å². The summed E-state index contributed by atoms with van der Waals surface area (Å²) in [4.78, 5) is 27.7. The molecule has 31 heavy (non-hydrogen) atoms. The van der Waals surface area contributed by atoms with Crippen LogP contribution in [0.1, 0.15) is 57.8 Å². The summed E-state index contributed by atoms with van der Waals surface area (Å²) >= 11 is 0. The molecule has 2 aromatic heterocycles. The Morgan fingerprint density at radius 2 is 1.87 bits per heavy atom. The molecule has 8 heteroatoms. The molecule has 1 N–H and O–H groups in total. The van der Waals surface area contributed by atoms with E-state index in [0.29, 0.717) is 41.8 Å². The maximum absolute atomic E-state index is 13.1. The molecule has 6 rings (SSSR count). The smallest absolute Gasteiger partial charge is 0.283 e. The molecule has 2 heterocycles. The quantitative estimate of drug-likeness (QED) is 0.694. The standard InChI is InChI=1S/C23H30N4O4/c1-2-5-27(14-19-25-26-21(31-19)18-4-3-6-30-18)20(28)13-24-22(29)23-10-15-7-16(11-23)9-17(8-15)12-23/h3-4,6,15-17H,2,5,7-14H2,1H3,(H,24,29). The number of nitrogens with one attached hydrogen (secondary N) is 1. The average Bonchev–Trinajstić information content (AvgIpc) is 3.42. The summed E-state index contributed by atoms with van der Waals surface area (Å²) in [5.41, 5.74) is -0.241. The van der Waals surface area contributed by atoms with Gasteiger partial charge < -0.3 is 19.1 Å². The summed E-state index contributed by atoms with van der Waals surface area (Å²) in [6.07, 6.45) is 9.20. The van der Waals surface area contributed by atoms with Gasteiger partial charge in [0.15, 0.2) is 5.76 Å². The molecule has 0 spiro atoms. The molecule has 0 unspecified atom stereocenters. The van der Waals surface area contributed by atoms with Crippen molar-refractivity contribution in [3.8, 4) is 11.7 Å². The third-order valence-corrected chi connectivity index (χ3v) is 7.29. The molecule has 4 saturated carbocycles. The fourth-order valence-electron chi connectivity index (χ4n) is 6.39. The molecule has 4 aliphatic rings. The van der Waals surface area contributed by atoms with Crippen LogP contribution in [0, 0.1) is 23.2 Å². The van der Waals surface area contributed by atoms with E-state index >= 15 is 0 Å². The molecule has 0 aromatic carbocycles. The van der Waals surface area contributed by atoms with Gasteiger partial charge in [0.05, 0.1) is 19.4 Å². The lowest BCUT2D eigenvalue weighted by atomic mass is 9.49. The monoisotopic (exact) mass is 426 g/mol. The lowest BCUT2D eigenvalue weighted by Crippen LogP contribution is -2.54. The van der Waals surface area contributed by atoms with Crippen LogP contribution in [0.3, 0.4) is 0 Å². The highest BCUT2D eigenvalue weighted by molar-refractivity contribution is 5.88. The van der Waals surface area contributed by atoms with Gasteiger partial charge in [-0.1, -0.05) is 6.92 Å². The number of amides is 2. The Balaban J connectivity index is 1.19. The third-order valence-electron chi connectivity index (χ3n) is 7.29. The molecule has 8 nitrogen and oxygen atoms in total. The second-order valence-corrected chi connectivity index (χ2v) is 9.67. The topological polar surface area (TPSA) is 101 Å². The van der Waals surface area contributed by atoms with Crippen LogP contribution < -0.4 is 5.32 Å². The number of hydrogen-bond acceptors (Lipinski definition) is 6. The summed E-state index contributed by atoms with van der Waals surface area (Å²) in [5.74, 6) is 3.18. The number of hydrogen-bond donors (Lipinski definition) is 1. The van der Waals surface area contributed by atoms with Crippen LogP contribution in [0.25, 0.3) is 11.7 Å². The van der Waals surface area contributed by atoms with Crippen LogP contribution in [0.4, 0.5) is 0 Å². The first kappa shape index (κ1) is 20.3. The van der Waals surface area contributed by atoms with E-state index in [-0.39, 0.29) is 30.3 Å². The average molecular weight is 427 g/mol. The molecule has 4 bridgehead atoms. The molecule has 2 aromatic rings. The zero-order valence-corrected chi connectivity index (χ0v) is 18.0. The predicted molar refractivity (Wildman–Crippen MR) is 111 cm³/mol. The van der Waals surface area contributed by atoms with Gasteiger partial charge in [0, 0.05) is 12.0 Å². The van der Waals surface area contributed by atoms with Crippen molar-refractivity contribution in [3.63, 3.8) is 0 Å². The van der Waals surface area contributed by atoms with E-state index in [1.807, 2.05) is 6.92 Å². The molecule has 166 valence electrons. The summed E-state index contributed by atoms with van der Waals surface area (Å²) < 4.78 is 10.9. The first-order chi connectivity index (χ1) is 15.0. The summed E-state index contributed by atoms with van der Waals surface area (Å²) in [7, 11) is 0. The zero-order chi connectivity index (χ0) is 21.4. The first-order valence-corrected chi connectivity index (χ1v) is 11.5. The Labute approximate surface area is 181 Å². The van der Waals surface area contributed by atoms with E-state index in [9.17, 15) is 9.59 Å². The largest absolute Gasteiger partial charge is 0.459 e. The van der Waals surface area contributed by atoms with E-state index in [1.54, 1.807) is 23.3 Å². The van der Waals surface area contributed by atoms with Crippen LogP contribution in [0.15, 0.2) is 27.2 Å². The Bertz CT molecular complexity index is 900. The van der Waals surface area contributed by atoms with Crippen molar-refractivity contribution < 1.29 is 18.4 Å². The molecule has 4 fully saturated rings. The third kappa shape index (κ3) is 4.00. The van der Waals surface area contributed by atoms with Gasteiger partial charge in [-0.3, -0.25) is 9.59 Å². The Hall–Kier alpha value is -2.64. The molecule has 4 aliphatic carbocycles. The van der Waals surface area contributed by atoms with Gasteiger partial charge in [-0.05, 0) is 74.8 Å². The van der Waals surface area contributed by atoms with E-state index < -0.39 is 0 Å². The zero-order valence-electron chi connectivity index (χ0n) is 18.0. The van der Waals surface area contributed by atoms with E-state index in [0.717, 1.165) is 25.7 Å². The maximum atomic E-state index is 13.1. The Kier molecular flexibility index (Phi) is 5.32. The number of rotatable bonds is 8. The van der Waals surface area contributed by atoms with E-state index in [2.05, 4.69) is 15.5 Å². The van der Waals surface area contributed by atoms with Crippen molar-refractivity contribution in [2.24, 2.45) is 23.2 Å². The van der Waals surface area contributed by atoms with Gasteiger partial charge in [0.2, 0.25) is 17.7 Å². The second kappa shape index (κ2) is 8.13. The van der Waals surface area contributed by atoms with Crippen molar-refractivity contribution in [1.29, 1.82) is 0 Å². The highest BCUT2D eigenvalue weighted by Gasteiger charge is 2.54. The number of carbonyl (C=O) groups is 2. The number of carbonyl (C=O) groups excluding carboxylic acids is 2. The molecule has 2 amide bonds. The highest BCUT2D eigenvalue weighted by atomic mass is 16.4. The molecular formula is C23H30N4O4. The van der Waals surface area contributed by atoms with Gasteiger partial charge in [-0.2, -0.15) is 0 Å². The van der Waals surface area contributed by atoms with Crippen molar-refractivity contribution in [1.82, 2.24) is 20.4 Å². The van der Waals surface area contributed by atoms with E-state index in [1.165, 1.54) is 19.3 Å². The fraction of sp³-hybridized carbons (Fsp3) is 0.652. The lowest BCUT2D eigenvalue weighted by molar-refractivity contribution is -0.148. The predicted octanol–water partition coefficient (Wildman–Crippen LogP) is 3.40. The molecule has 0 atom stereocenters. The SMILES string of the molecule is CCCN(Cc1nnc(-c2ccco2)o1)C(=O)CNC(=O)C12CC3CC(CC(C3)C1)C2. The Morgan fingerprint density at radius 1 is 1.16 bits per heavy atom. The second-order valence-electron chi connectivity index (χ2n) is 9.67. The molecule has 0 radical (unpaired) electrons. The number of furan rings is 1. The minimum atomic E-state index is -0.241. The number of aromatic nitrogens is 2. The van der Waals surface area contributed by atoms with Crippen LogP contribution in [-0.4, -0.2) is 40.0 Å². The lowest BCUT2D eigenvalue weighted by Gasteiger charge is -2.55. The molecule has 0 saturated heterocycles. The normalized spacial score (nSPS) is 28.6. The fourth-order valence-corrected chi connectivity index (χ4v) is 6.39. The van der Waals surface area contributed by atoms with Gasteiger partial charge in [0.25, 0.3) is 5.89 Å². The maximum Gasteiger partial charge on any atom is 0.283 e. The summed E-state index contributed by atoms with van der Waals surface area (Å²) in [5, 5.41) is 11.0. The van der Waals surface area contributed by atoms with Gasteiger partial charge in [-0.25, -0.2) is 0 Å². The molecular weight excluding hydrogens is 396 g/mol. The van der Waals surface area contributed by atoms with Crippen LogP contribution >= 0.6 is 0 Å². The van der Waals surface area contributed by atoms with Crippen molar-refractivity contribution in [2.45, 2.75) is 58.4 Å². The van der Waals surface area contributed by atoms with Crippen LogP contribution in [0.5, 0.6) is 0 Å². The van der Waals surface area contributed by atoms with Gasteiger partial charge in [0.1, 0.15) is 0 Å². The van der Waals surface area contributed by atoms with E-state index in [4.69, 9.17) is 8.83 Å². The molecule has 0 aliphatic heterocycles. The summed E-state index contributed by atoms with van der Waals surface area (Å²) in [6, 6.07) is 3.49. The van der Waals surface area contributed by atoms with Crippen LogP contribution in [-0.2, 0) is 16.1 Å². The van der Waals surface area contributed by atoms with Crippen molar-refractivity contribution in [2.75, 3.05) is 13.1 Å². The first-order valence-electron chi connectivity index (χ1n) is 11.5. The van der Waals surface area contributed by atoms with Gasteiger partial charge in [-0.15, -0.1) is 10.2 Å². The van der Waals surface area contributed by atoms with Crippen molar-refractivity contribution >= 4 is 11.8 Å². The minimum Gasteiger partial charge on any atom is -0.459 e.